The lowest BCUT2D eigenvalue weighted by Crippen LogP contribution is -2.19. The molecule has 4 N–H and O–H groups in total. The van der Waals surface area contributed by atoms with Gasteiger partial charge < -0.3 is 5.73 Å². The van der Waals surface area contributed by atoms with Gasteiger partial charge in [-0.2, -0.15) is 0 Å². The molecule has 0 unspecified atom stereocenters. The Morgan fingerprint density at radius 3 is 2.58 bits per heavy atom. The Balaban J connectivity index is 2.26. The number of amidine groups is 1. The molecule has 6 nitrogen and oxygen atoms in total. The highest BCUT2D eigenvalue weighted by Gasteiger charge is 2.12. The molecule has 1 heterocycles. The van der Waals surface area contributed by atoms with Gasteiger partial charge >= 0.3 is 5.69 Å². The SMILES string of the molecule is CC(C)n1c(Sc2ccc(C(=N)N)cc2)n[nH]c1=O. The first-order valence-corrected chi connectivity index (χ1v) is 6.60. The maximum absolute atomic E-state index is 11.6. The van der Waals surface area contributed by atoms with Gasteiger partial charge in [-0.25, -0.2) is 9.89 Å². The first-order chi connectivity index (χ1) is 8.99. The summed E-state index contributed by atoms with van der Waals surface area (Å²) in [7, 11) is 0. The van der Waals surface area contributed by atoms with E-state index in [2.05, 4.69) is 10.2 Å². The van der Waals surface area contributed by atoms with Gasteiger partial charge in [0.15, 0.2) is 5.16 Å². The topological polar surface area (TPSA) is 101 Å². The van der Waals surface area contributed by atoms with E-state index < -0.39 is 0 Å². The molecule has 100 valence electrons. The van der Waals surface area contributed by atoms with Crippen LogP contribution in [0, 0.1) is 5.41 Å². The predicted molar refractivity (Wildman–Crippen MR) is 74.8 cm³/mol. The van der Waals surface area contributed by atoms with Crippen LogP contribution in [0.5, 0.6) is 0 Å². The van der Waals surface area contributed by atoms with Crippen molar-refractivity contribution in [1.82, 2.24) is 14.8 Å². The number of benzene rings is 1. The fraction of sp³-hybridized carbons (Fsp3) is 0.250. The first-order valence-electron chi connectivity index (χ1n) is 5.78. The van der Waals surface area contributed by atoms with E-state index in [1.807, 2.05) is 26.0 Å². The summed E-state index contributed by atoms with van der Waals surface area (Å²) in [6.45, 7) is 3.86. The zero-order valence-electron chi connectivity index (χ0n) is 10.7. The molecule has 0 aliphatic heterocycles. The summed E-state index contributed by atoms with van der Waals surface area (Å²) in [5.41, 5.74) is 5.86. The van der Waals surface area contributed by atoms with Gasteiger partial charge in [-0.3, -0.25) is 9.98 Å². The van der Waals surface area contributed by atoms with Crippen LogP contribution < -0.4 is 11.4 Å². The number of hydrogen-bond acceptors (Lipinski definition) is 4. The second-order valence-electron chi connectivity index (χ2n) is 4.32. The molecule has 7 heteroatoms. The van der Waals surface area contributed by atoms with E-state index in [9.17, 15) is 4.79 Å². The number of nitrogens with one attached hydrogen (secondary N) is 2. The van der Waals surface area contributed by atoms with Crippen LogP contribution in [0.25, 0.3) is 0 Å². The third-order valence-electron chi connectivity index (χ3n) is 2.56. The maximum atomic E-state index is 11.6. The summed E-state index contributed by atoms with van der Waals surface area (Å²) in [5.74, 6) is 0.0374. The first kappa shape index (κ1) is 13.4. The molecule has 1 aromatic heterocycles. The van der Waals surface area contributed by atoms with Crippen molar-refractivity contribution in [3.8, 4) is 0 Å². The molecule has 0 amide bonds. The highest BCUT2D eigenvalue weighted by Crippen LogP contribution is 2.26. The number of hydrogen-bond donors (Lipinski definition) is 3. The molecule has 0 aliphatic rings. The second kappa shape index (κ2) is 5.31. The lowest BCUT2D eigenvalue weighted by Gasteiger charge is -2.08. The summed E-state index contributed by atoms with van der Waals surface area (Å²) in [6, 6.07) is 7.30. The maximum Gasteiger partial charge on any atom is 0.344 e. The second-order valence-corrected chi connectivity index (χ2v) is 5.36. The Morgan fingerprint density at radius 1 is 1.42 bits per heavy atom. The number of nitrogens with two attached hydrogens (primary N) is 1. The highest BCUT2D eigenvalue weighted by molar-refractivity contribution is 7.99. The Labute approximate surface area is 114 Å². The summed E-state index contributed by atoms with van der Waals surface area (Å²) in [5, 5.41) is 14.4. The molecule has 0 bridgehead atoms. The van der Waals surface area contributed by atoms with Gasteiger partial charge in [0.2, 0.25) is 0 Å². The van der Waals surface area contributed by atoms with Gasteiger partial charge in [-0.05, 0) is 37.7 Å². The van der Waals surface area contributed by atoms with Crippen LogP contribution >= 0.6 is 11.8 Å². The molecule has 0 atom stereocenters. The lowest BCUT2D eigenvalue weighted by atomic mass is 10.2. The smallest absolute Gasteiger partial charge is 0.344 e. The Morgan fingerprint density at radius 2 is 2.05 bits per heavy atom. The average molecular weight is 277 g/mol. The molecule has 19 heavy (non-hydrogen) atoms. The molecule has 0 aliphatic carbocycles. The van der Waals surface area contributed by atoms with E-state index in [1.54, 1.807) is 16.7 Å². The van der Waals surface area contributed by atoms with E-state index in [0.717, 1.165) is 4.90 Å². The zero-order valence-corrected chi connectivity index (χ0v) is 11.5. The van der Waals surface area contributed by atoms with Crippen molar-refractivity contribution in [2.24, 2.45) is 5.73 Å². The van der Waals surface area contributed by atoms with Crippen molar-refractivity contribution in [2.45, 2.75) is 29.9 Å². The fourth-order valence-electron chi connectivity index (χ4n) is 1.63. The van der Waals surface area contributed by atoms with Crippen molar-refractivity contribution < 1.29 is 0 Å². The highest BCUT2D eigenvalue weighted by atomic mass is 32.2. The zero-order chi connectivity index (χ0) is 14.0. The molecule has 0 radical (unpaired) electrons. The van der Waals surface area contributed by atoms with Crippen molar-refractivity contribution in [1.29, 1.82) is 5.41 Å². The van der Waals surface area contributed by atoms with Crippen LogP contribution in [0.3, 0.4) is 0 Å². The van der Waals surface area contributed by atoms with E-state index in [-0.39, 0.29) is 17.6 Å². The number of aromatic amines is 1. The van der Waals surface area contributed by atoms with Crippen molar-refractivity contribution in [2.75, 3.05) is 0 Å². The largest absolute Gasteiger partial charge is 0.384 e. The normalized spacial score (nSPS) is 10.9. The van der Waals surface area contributed by atoms with Crippen LogP contribution in [0.1, 0.15) is 25.5 Å². The molecule has 0 spiro atoms. The van der Waals surface area contributed by atoms with Crippen LogP contribution in [-0.4, -0.2) is 20.6 Å². The summed E-state index contributed by atoms with van der Waals surface area (Å²) in [4.78, 5) is 12.5. The molecular weight excluding hydrogens is 262 g/mol. The summed E-state index contributed by atoms with van der Waals surface area (Å²) in [6.07, 6.45) is 0. The van der Waals surface area contributed by atoms with Crippen molar-refractivity contribution in [3.05, 3.63) is 40.3 Å². The summed E-state index contributed by atoms with van der Waals surface area (Å²) >= 11 is 1.39. The van der Waals surface area contributed by atoms with Crippen molar-refractivity contribution >= 4 is 17.6 Å². The van der Waals surface area contributed by atoms with Gasteiger partial charge in [-0.1, -0.05) is 12.1 Å². The number of rotatable bonds is 4. The molecular formula is C12H15N5OS. The molecule has 1 aromatic carbocycles. The summed E-state index contributed by atoms with van der Waals surface area (Å²) < 4.78 is 1.60. The van der Waals surface area contributed by atoms with Crippen LogP contribution in [-0.2, 0) is 0 Å². The molecule has 0 fully saturated rings. The predicted octanol–water partition coefficient (Wildman–Crippen LogP) is 1.59. The third kappa shape index (κ3) is 2.87. The van der Waals surface area contributed by atoms with Crippen molar-refractivity contribution in [3.63, 3.8) is 0 Å². The van der Waals surface area contributed by atoms with Gasteiger partial charge in [0.05, 0.1) is 0 Å². The molecule has 0 saturated heterocycles. The molecule has 2 aromatic rings. The quantitative estimate of drug-likeness (QED) is 0.583. The van der Waals surface area contributed by atoms with E-state index in [4.69, 9.17) is 11.1 Å². The van der Waals surface area contributed by atoms with E-state index in [1.165, 1.54) is 11.8 Å². The standard InChI is InChI=1S/C12H15N5OS/c1-7(2)17-11(18)15-16-12(17)19-9-5-3-8(4-6-9)10(13)14/h3-7H,1-2H3,(H3,13,14)(H,15,18). The minimum absolute atomic E-state index is 0.0374. The lowest BCUT2D eigenvalue weighted by molar-refractivity contribution is 0.534. The Kier molecular flexibility index (Phi) is 3.75. The van der Waals surface area contributed by atoms with Gasteiger partial charge in [0, 0.05) is 16.5 Å². The van der Waals surface area contributed by atoms with Gasteiger partial charge in [0.25, 0.3) is 0 Å². The Hall–Kier alpha value is -2.02. The minimum Gasteiger partial charge on any atom is -0.384 e. The third-order valence-corrected chi connectivity index (χ3v) is 3.54. The van der Waals surface area contributed by atoms with Gasteiger partial charge in [0.1, 0.15) is 5.84 Å². The van der Waals surface area contributed by atoms with Crippen LogP contribution in [0.4, 0.5) is 0 Å². The Bertz CT molecular complexity index is 641. The van der Waals surface area contributed by atoms with E-state index >= 15 is 0 Å². The average Bonchev–Trinajstić information content (AvgIpc) is 2.71. The number of nitrogens with zero attached hydrogens (tertiary/aromatic N) is 2. The van der Waals surface area contributed by atoms with Gasteiger partial charge in [-0.15, -0.1) is 5.10 Å². The molecule has 0 saturated carbocycles. The number of H-pyrrole nitrogens is 1. The minimum atomic E-state index is -0.210. The van der Waals surface area contributed by atoms with Crippen LogP contribution in [0.15, 0.2) is 39.1 Å². The number of aromatic nitrogens is 3. The number of nitrogen functional groups attached to an aromatic ring is 1. The van der Waals surface area contributed by atoms with Crippen LogP contribution in [0.2, 0.25) is 0 Å². The monoisotopic (exact) mass is 277 g/mol. The molecule has 2 rings (SSSR count). The van der Waals surface area contributed by atoms with E-state index in [0.29, 0.717) is 10.7 Å². The fourth-order valence-corrected chi connectivity index (χ4v) is 2.59.